The molecular weight excluding hydrogens is 402 g/mol. The lowest BCUT2D eigenvalue weighted by molar-refractivity contribution is 0.0951. The summed E-state index contributed by atoms with van der Waals surface area (Å²) < 4.78 is 5.23. The number of methoxy groups -OCH3 is 1. The molecule has 0 aliphatic heterocycles. The summed E-state index contributed by atoms with van der Waals surface area (Å²) in [5, 5.41) is 6.34. The third kappa shape index (κ3) is 3.88. The summed E-state index contributed by atoms with van der Waals surface area (Å²) in [5.74, 6) is 1.37. The van der Waals surface area contributed by atoms with Gasteiger partial charge in [0.1, 0.15) is 17.9 Å². The number of carbonyl (C=O) groups is 1. The van der Waals surface area contributed by atoms with Gasteiger partial charge in [0.05, 0.1) is 12.8 Å². The Hall–Kier alpha value is -4.26. The van der Waals surface area contributed by atoms with E-state index in [4.69, 9.17) is 4.74 Å². The number of nitrogens with one attached hydrogen (secondary N) is 2. The fraction of sp³-hybridized carbons (Fsp3) is 0.120. The lowest BCUT2D eigenvalue weighted by atomic mass is 10.0. The van der Waals surface area contributed by atoms with Gasteiger partial charge in [0.15, 0.2) is 0 Å². The van der Waals surface area contributed by atoms with Crippen LogP contribution in [-0.2, 0) is 13.0 Å². The van der Waals surface area contributed by atoms with E-state index in [9.17, 15) is 4.79 Å². The molecule has 2 heterocycles. The fourth-order valence-electron chi connectivity index (χ4n) is 3.82. The smallest absolute Gasteiger partial charge is 0.251 e. The molecule has 1 aliphatic carbocycles. The van der Waals surface area contributed by atoms with Crippen LogP contribution < -0.4 is 15.4 Å². The first-order valence-electron chi connectivity index (χ1n) is 10.3. The molecule has 0 saturated carbocycles. The van der Waals surface area contributed by atoms with Crippen molar-refractivity contribution in [1.29, 1.82) is 0 Å². The monoisotopic (exact) mass is 423 g/mol. The largest absolute Gasteiger partial charge is 0.497 e. The number of anilines is 2. The summed E-state index contributed by atoms with van der Waals surface area (Å²) in [6.07, 6.45) is 5.73. The molecule has 0 unspecified atom stereocenters. The molecular formula is C25H21N5O2. The van der Waals surface area contributed by atoms with E-state index < -0.39 is 0 Å². The van der Waals surface area contributed by atoms with Crippen molar-refractivity contribution >= 4 is 17.4 Å². The number of hydrogen-bond donors (Lipinski definition) is 2. The summed E-state index contributed by atoms with van der Waals surface area (Å²) in [5.41, 5.74) is 6.42. The number of nitrogens with zero attached hydrogens (tertiary/aromatic N) is 3. The van der Waals surface area contributed by atoms with Gasteiger partial charge in [-0.15, -0.1) is 0 Å². The minimum absolute atomic E-state index is 0.133. The van der Waals surface area contributed by atoms with Crippen molar-refractivity contribution in [1.82, 2.24) is 20.3 Å². The van der Waals surface area contributed by atoms with Crippen LogP contribution in [-0.4, -0.2) is 28.0 Å². The van der Waals surface area contributed by atoms with Gasteiger partial charge in [-0.25, -0.2) is 9.97 Å². The average Bonchev–Trinajstić information content (AvgIpc) is 3.22. The van der Waals surface area contributed by atoms with Crippen molar-refractivity contribution in [3.63, 3.8) is 0 Å². The predicted octanol–water partition coefficient (Wildman–Crippen LogP) is 4.13. The Labute approximate surface area is 185 Å². The maximum absolute atomic E-state index is 12.8. The van der Waals surface area contributed by atoms with Crippen LogP contribution in [0, 0.1) is 0 Å². The minimum atomic E-state index is -0.133. The van der Waals surface area contributed by atoms with Crippen molar-refractivity contribution in [2.75, 3.05) is 12.4 Å². The SMILES string of the molecule is COc1ccc(Nc2ncnc3c2-c2cc(C(=O)NCc4cccnc4)ccc2C3)cc1. The van der Waals surface area contributed by atoms with Crippen LogP contribution in [0.25, 0.3) is 11.1 Å². The van der Waals surface area contributed by atoms with Gasteiger partial charge in [0.25, 0.3) is 5.91 Å². The molecule has 0 atom stereocenters. The van der Waals surface area contributed by atoms with Gasteiger partial charge >= 0.3 is 0 Å². The van der Waals surface area contributed by atoms with Gasteiger partial charge in [-0.3, -0.25) is 9.78 Å². The maximum Gasteiger partial charge on any atom is 0.251 e. The molecule has 1 aliphatic rings. The highest BCUT2D eigenvalue weighted by Crippen LogP contribution is 2.40. The second kappa shape index (κ2) is 8.47. The van der Waals surface area contributed by atoms with Gasteiger partial charge in [-0.2, -0.15) is 0 Å². The van der Waals surface area contributed by atoms with Crippen LogP contribution >= 0.6 is 0 Å². The van der Waals surface area contributed by atoms with Gasteiger partial charge in [-0.1, -0.05) is 12.1 Å². The Balaban J connectivity index is 1.41. The summed E-state index contributed by atoms with van der Waals surface area (Å²) in [6, 6.07) is 17.2. The lowest BCUT2D eigenvalue weighted by Gasteiger charge is -2.12. The number of benzene rings is 2. The first kappa shape index (κ1) is 19.7. The number of aromatic nitrogens is 3. The predicted molar refractivity (Wildman–Crippen MR) is 122 cm³/mol. The van der Waals surface area contributed by atoms with Crippen LogP contribution in [0.1, 0.15) is 27.2 Å². The van der Waals surface area contributed by atoms with Crippen LogP contribution in [0.4, 0.5) is 11.5 Å². The molecule has 0 fully saturated rings. The van der Waals surface area contributed by atoms with Gasteiger partial charge in [0, 0.05) is 42.2 Å². The van der Waals surface area contributed by atoms with Gasteiger partial charge in [-0.05, 0) is 59.2 Å². The molecule has 0 bridgehead atoms. The molecule has 2 aromatic carbocycles. The Morgan fingerprint density at radius 1 is 1.09 bits per heavy atom. The third-order valence-electron chi connectivity index (χ3n) is 5.45. The summed E-state index contributed by atoms with van der Waals surface area (Å²) in [4.78, 5) is 25.8. The fourth-order valence-corrected chi connectivity index (χ4v) is 3.82. The average molecular weight is 423 g/mol. The summed E-state index contributed by atoms with van der Waals surface area (Å²) in [6.45, 7) is 0.424. The Morgan fingerprint density at radius 2 is 1.97 bits per heavy atom. The topological polar surface area (TPSA) is 89.0 Å². The number of hydrogen-bond acceptors (Lipinski definition) is 6. The van der Waals surface area contributed by atoms with E-state index in [2.05, 4.69) is 25.6 Å². The van der Waals surface area contributed by atoms with E-state index in [1.54, 1.807) is 25.8 Å². The standard InChI is InChI=1S/C25H21N5O2/c1-32-20-8-6-19(7-9-20)30-24-23-21-11-18(5-4-17(21)12-22(23)28-15-29-24)25(31)27-14-16-3-2-10-26-13-16/h2-11,13,15H,12,14H2,1H3,(H,27,31)(H,28,29,30). The van der Waals surface area contributed by atoms with Crippen molar-refractivity contribution in [3.05, 3.63) is 95.7 Å². The molecule has 5 rings (SSSR count). The summed E-state index contributed by atoms with van der Waals surface area (Å²) in [7, 11) is 1.64. The zero-order chi connectivity index (χ0) is 21.9. The molecule has 7 heteroatoms. The number of ether oxygens (including phenoxy) is 1. The maximum atomic E-state index is 12.8. The minimum Gasteiger partial charge on any atom is -0.497 e. The first-order valence-corrected chi connectivity index (χ1v) is 10.3. The van der Waals surface area contributed by atoms with E-state index >= 15 is 0 Å². The Morgan fingerprint density at radius 3 is 2.75 bits per heavy atom. The molecule has 1 amide bonds. The second-order valence-corrected chi connectivity index (χ2v) is 7.49. The molecule has 158 valence electrons. The second-order valence-electron chi connectivity index (χ2n) is 7.49. The Bertz CT molecular complexity index is 1270. The van der Waals surface area contributed by atoms with Gasteiger partial charge in [0.2, 0.25) is 0 Å². The highest BCUT2D eigenvalue weighted by Gasteiger charge is 2.25. The number of fused-ring (bicyclic) bond motifs is 3. The van der Waals surface area contributed by atoms with Crippen LogP contribution in [0.3, 0.4) is 0 Å². The molecule has 7 nitrogen and oxygen atoms in total. The van der Waals surface area contributed by atoms with Crippen LogP contribution in [0.2, 0.25) is 0 Å². The number of rotatable bonds is 6. The van der Waals surface area contributed by atoms with E-state index in [0.29, 0.717) is 24.3 Å². The molecule has 0 spiro atoms. The molecule has 4 aromatic rings. The molecule has 2 N–H and O–H groups in total. The van der Waals surface area contributed by atoms with E-state index in [1.165, 1.54) is 0 Å². The highest BCUT2D eigenvalue weighted by molar-refractivity contribution is 5.97. The molecule has 0 saturated heterocycles. The summed E-state index contributed by atoms with van der Waals surface area (Å²) >= 11 is 0. The number of carbonyl (C=O) groups excluding carboxylic acids is 1. The highest BCUT2D eigenvalue weighted by atomic mass is 16.5. The van der Waals surface area contributed by atoms with Crippen LogP contribution in [0.5, 0.6) is 5.75 Å². The quantitative estimate of drug-likeness (QED) is 0.427. The number of amides is 1. The first-order chi connectivity index (χ1) is 15.7. The van der Waals surface area contributed by atoms with Crippen molar-refractivity contribution in [3.8, 4) is 16.9 Å². The Kier molecular flexibility index (Phi) is 5.21. The molecule has 0 radical (unpaired) electrons. The van der Waals surface area contributed by atoms with Crippen molar-refractivity contribution < 1.29 is 9.53 Å². The normalized spacial score (nSPS) is 11.4. The van der Waals surface area contributed by atoms with E-state index in [1.807, 2.05) is 54.6 Å². The molecule has 2 aromatic heterocycles. The molecule has 32 heavy (non-hydrogen) atoms. The zero-order valence-electron chi connectivity index (χ0n) is 17.5. The van der Waals surface area contributed by atoms with Crippen molar-refractivity contribution in [2.24, 2.45) is 0 Å². The number of pyridine rings is 1. The lowest BCUT2D eigenvalue weighted by Crippen LogP contribution is -2.22. The van der Waals surface area contributed by atoms with E-state index in [0.717, 1.165) is 39.4 Å². The zero-order valence-corrected chi connectivity index (χ0v) is 17.5. The third-order valence-corrected chi connectivity index (χ3v) is 5.45. The van der Waals surface area contributed by atoms with E-state index in [-0.39, 0.29) is 5.91 Å². The van der Waals surface area contributed by atoms with Gasteiger partial charge < -0.3 is 15.4 Å². The van der Waals surface area contributed by atoms with Crippen molar-refractivity contribution in [2.45, 2.75) is 13.0 Å². The van der Waals surface area contributed by atoms with Crippen LogP contribution in [0.15, 0.2) is 73.3 Å².